The summed E-state index contributed by atoms with van der Waals surface area (Å²) in [6, 6.07) is 3.83. The molecule has 4 nitrogen and oxygen atoms in total. The van der Waals surface area contributed by atoms with Gasteiger partial charge in [0.2, 0.25) is 10.0 Å². The second-order valence-electron chi connectivity index (χ2n) is 4.56. The van der Waals surface area contributed by atoms with Gasteiger partial charge in [0.05, 0.1) is 0 Å². The summed E-state index contributed by atoms with van der Waals surface area (Å²) in [5.41, 5.74) is 0. The number of benzene rings is 1. The highest BCUT2D eigenvalue weighted by molar-refractivity contribution is 9.10. The first-order valence-corrected chi connectivity index (χ1v) is 8.03. The molecule has 1 heterocycles. The molecule has 0 radical (unpaired) electrons. The minimum absolute atomic E-state index is 0.0442. The van der Waals surface area contributed by atoms with Gasteiger partial charge in [0.1, 0.15) is 16.5 Å². The van der Waals surface area contributed by atoms with Crippen molar-refractivity contribution in [3.8, 4) is 0 Å². The first kappa shape index (κ1) is 14.6. The molecule has 7 heteroatoms. The van der Waals surface area contributed by atoms with E-state index in [9.17, 15) is 17.6 Å². The first-order chi connectivity index (χ1) is 8.82. The van der Waals surface area contributed by atoms with Crippen molar-refractivity contribution in [3.63, 3.8) is 0 Å². The maximum atomic E-state index is 13.8. The van der Waals surface area contributed by atoms with Gasteiger partial charge >= 0.3 is 0 Å². The summed E-state index contributed by atoms with van der Waals surface area (Å²) in [5.74, 6) is -1.09. The van der Waals surface area contributed by atoms with Crippen molar-refractivity contribution in [2.24, 2.45) is 5.92 Å². The molecule has 0 bridgehead atoms. The van der Waals surface area contributed by atoms with Gasteiger partial charge in [0.25, 0.3) is 0 Å². The number of hydrogen-bond donors (Lipinski definition) is 0. The Hall–Kier alpha value is -0.790. The minimum Gasteiger partial charge on any atom is -0.299 e. The third kappa shape index (κ3) is 2.88. The molecule has 104 valence electrons. The van der Waals surface area contributed by atoms with Crippen molar-refractivity contribution in [2.45, 2.75) is 18.2 Å². The van der Waals surface area contributed by atoms with Crippen molar-refractivity contribution in [3.05, 3.63) is 28.5 Å². The highest BCUT2D eigenvalue weighted by Gasteiger charge is 2.33. The Bertz CT molecular complexity index is 617. The Kier molecular flexibility index (Phi) is 4.08. The summed E-state index contributed by atoms with van der Waals surface area (Å²) >= 11 is 3.08. The van der Waals surface area contributed by atoms with Gasteiger partial charge in [-0.1, -0.05) is 22.9 Å². The maximum absolute atomic E-state index is 13.8. The van der Waals surface area contributed by atoms with E-state index in [1.807, 2.05) is 0 Å². The van der Waals surface area contributed by atoms with Crippen LogP contribution in [0.4, 0.5) is 4.39 Å². The quantitative estimate of drug-likeness (QED) is 0.822. The lowest BCUT2D eigenvalue weighted by molar-refractivity contribution is -0.124. The zero-order valence-electron chi connectivity index (χ0n) is 10.3. The van der Waals surface area contributed by atoms with Crippen LogP contribution in [0, 0.1) is 11.7 Å². The van der Waals surface area contributed by atoms with Crippen LogP contribution in [0.25, 0.3) is 0 Å². The van der Waals surface area contributed by atoms with Crippen LogP contribution in [0.15, 0.2) is 27.6 Å². The second kappa shape index (κ2) is 5.30. The van der Waals surface area contributed by atoms with E-state index >= 15 is 0 Å². The normalized spacial score (nSPS) is 21.6. The lowest BCUT2D eigenvalue weighted by atomic mass is 10.0. The summed E-state index contributed by atoms with van der Waals surface area (Å²) in [6.45, 7) is 1.90. The molecule has 0 N–H and O–H groups in total. The number of Topliss-reactive ketones (excluding diaryl/α,β-unsaturated/α-hetero) is 1. The lowest BCUT2D eigenvalue weighted by Gasteiger charge is -2.29. The third-order valence-corrected chi connectivity index (χ3v) is 5.54. The van der Waals surface area contributed by atoms with E-state index in [4.69, 9.17) is 0 Å². The molecule has 0 saturated carbocycles. The number of piperidine rings is 1. The van der Waals surface area contributed by atoms with Gasteiger partial charge in [-0.2, -0.15) is 4.31 Å². The molecule has 0 spiro atoms. The van der Waals surface area contributed by atoms with Crippen molar-refractivity contribution in [1.29, 1.82) is 0 Å². The molecule has 1 atom stereocenters. The molecular formula is C12H13BrFNO3S. The molecule has 1 aromatic carbocycles. The molecule has 2 rings (SSSR count). The summed E-state index contributed by atoms with van der Waals surface area (Å²) < 4.78 is 40.1. The molecule has 1 aliphatic heterocycles. The Morgan fingerprint density at radius 2 is 2.11 bits per heavy atom. The Labute approximate surface area is 119 Å². The van der Waals surface area contributed by atoms with E-state index in [0.717, 1.165) is 6.07 Å². The van der Waals surface area contributed by atoms with Crippen LogP contribution in [-0.4, -0.2) is 31.6 Å². The van der Waals surface area contributed by atoms with Gasteiger partial charge in [-0.25, -0.2) is 12.8 Å². The van der Waals surface area contributed by atoms with E-state index in [0.29, 0.717) is 4.47 Å². The summed E-state index contributed by atoms with van der Waals surface area (Å²) in [7, 11) is -3.88. The van der Waals surface area contributed by atoms with Crippen LogP contribution in [-0.2, 0) is 14.8 Å². The number of carbonyl (C=O) groups is 1. The van der Waals surface area contributed by atoms with Crippen LogP contribution in [0.3, 0.4) is 0 Å². The van der Waals surface area contributed by atoms with Crippen LogP contribution >= 0.6 is 15.9 Å². The number of nitrogens with zero attached hydrogens (tertiary/aromatic N) is 1. The van der Waals surface area contributed by atoms with Crippen molar-refractivity contribution in [2.75, 3.05) is 13.1 Å². The zero-order chi connectivity index (χ0) is 14.2. The molecule has 1 fully saturated rings. The highest BCUT2D eigenvalue weighted by Crippen LogP contribution is 2.25. The molecule has 1 unspecified atom stereocenters. The molecule has 0 amide bonds. The molecule has 19 heavy (non-hydrogen) atoms. The smallest absolute Gasteiger partial charge is 0.246 e. The predicted molar refractivity (Wildman–Crippen MR) is 71.6 cm³/mol. The van der Waals surface area contributed by atoms with Crippen LogP contribution in [0.5, 0.6) is 0 Å². The number of rotatable bonds is 2. The van der Waals surface area contributed by atoms with E-state index in [1.165, 1.54) is 16.4 Å². The number of ketones is 1. The zero-order valence-corrected chi connectivity index (χ0v) is 12.7. The van der Waals surface area contributed by atoms with Crippen molar-refractivity contribution >= 4 is 31.7 Å². The molecule has 1 saturated heterocycles. The van der Waals surface area contributed by atoms with Gasteiger partial charge in [0, 0.05) is 29.9 Å². The topological polar surface area (TPSA) is 54.5 Å². The molecule has 1 aromatic rings. The number of hydrogen-bond acceptors (Lipinski definition) is 3. The molecule has 0 aromatic heterocycles. The Morgan fingerprint density at radius 1 is 1.42 bits per heavy atom. The minimum atomic E-state index is -3.88. The molecule has 0 aliphatic carbocycles. The fourth-order valence-corrected chi connectivity index (χ4v) is 3.93. The fourth-order valence-electron chi connectivity index (χ4n) is 2.02. The van der Waals surface area contributed by atoms with E-state index in [2.05, 4.69) is 15.9 Å². The maximum Gasteiger partial charge on any atom is 0.246 e. The average molecular weight is 350 g/mol. The number of halogens is 2. The summed E-state index contributed by atoms with van der Waals surface area (Å²) in [4.78, 5) is 11.1. The van der Waals surface area contributed by atoms with Crippen molar-refractivity contribution in [1.82, 2.24) is 4.31 Å². The molecular weight excluding hydrogens is 337 g/mol. The average Bonchev–Trinajstić information content (AvgIpc) is 2.32. The SMILES string of the molecule is CC1CN(S(=O)(=O)c2ccc(Br)cc2F)CCC1=O. The van der Waals surface area contributed by atoms with Crippen LogP contribution in [0.2, 0.25) is 0 Å². The van der Waals surface area contributed by atoms with Crippen LogP contribution < -0.4 is 0 Å². The number of sulfonamides is 1. The second-order valence-corrected chi connectivity index (χ2v) is 7.38. The first-order valence-electron chi connectivity index (χ1n) is 5.80. The van der Waals surface area contributed by atoms with Crippen molar-refractivity contribution < 1.29 is 17.6 Å². The largest absolute Gasteiger partial charge is 0.299 e. The third-order valence-electron chi connectivity index (χ3n) is 3.15. The van der Waals surface area contributed by atoms with Gasteiger partial charge in [0.15, 0.2) is 0 Å². The Balaban J connectivity index is 2.35. The van der Waals surface area contributed by atoms with Gasteiger partial charge in [-0.05, 0) is 18.2 Å². The highest BCUT2D eigenvalue weighted by atomic mass is 79.9. The fraction of sp³-hybridized carbons (Fsp3) is 0.417. The molecule has 1 aliphatic rings. The van der Waals surface area contributed by atoms with E-state index in [-0.39, 0.29) is 36.1 Å². The van der Waals surface area contributed by atoms with Gasteiger partial charge < -0.3 is 0 Å². The summed E-state index contributed by atoms with van der Waals surface area (Å²) in [6.07, 6.45) is 0.179. The standard InChI is InChI=1S/C12H13BrFNO3S/c1-8-7-15(5-4-11(8)16)19(17,18)12-3-2-9(13)6-10(12)14/h2-3,6,8H,4-5,7H2,1H3. The lowest BCUT2D eigenvalue weighted by Crippen LogP contribution is -2.43. The Morgan fingerprint density at radius 3 is 2.68 bits per heavy atom. The van der Waals surface area contributed by atoms with Gasteiger partial charge in [-0.3, -0.25) is 4.79 Å². The van der Waals surface area contributed by atoms with E-state index in [1.54, 1.807) is 6.92 Å². The van der Waals surface area contributed by atoms with Crippen LogP contribution in [0.1, 0.15) is 13.3 Å². The van der Waals surface area contributed by atoms with E-state index < -0.39 is 15.8 Å². The predicted octanol–water partition coefficient (Wildman–Crippen LogP) is 2.19. The monoisotopic (exact) mass is 349 g/mol. The van der Waals surface area contributed by atoms with Gasteiger partial charge in [-0.15, -0.1) is 0 Å². The number of carbonyl (C=O) groups excluding carboxylic acids is 1. The summed E-state index contributed by atoms with van der Waals surface area (Å²) in [5, 5.41) is 0.